The molecule has 142 valence electrons. The van der Waals surface area contributed by atoms with Crippen LogP contribution in [0.2, 0.25) is 0 Å². The largest absolute Gasteiger partial charge is 0.493 e. The molecular formula is C19H27N3O3S. The first-order valence-corrected chi connectivity index (χ1v) is 9.46. The molecule has 6 nitrogen and oxygen atoms in total. The highest BCUT2D eigenvalue weighted by molar-refractivity contribution is 7.11. The Balaban J connectivity index is 2.00. The molecule has 1 aromatic heterocycles. The van der Waals surface area contributed by atoms with E-state index in [0.29, 0.717) is 18.0 Å². The topological polar surface area (TPSA) is 75.1 Å². The number of aliphatic hydroxyl groups is 1. The van der Waals surface area contributed by atoms with E-state index in [1.54, 1.807) is 18.4 Å². The van der Waals surface area contributed by atoms with Gasteiger partial charge in [0.25, 0.3) is 0 Å². The lowest BCUT2D eigenvalue weighted by molar-refractivity contribution is 0.196. The molecule has 3 N–H and O–H groups in total. The molecular weight excluding hydrogens is 350 g/mol. The van der Waals surface area contributed by atoms with Gasteiger partial charge in [-0.1, -0.05) is 6.07 Å². The summed E-state index contributed by atoms with van der Waals surface area (Å²) in [4.78, 5) is 7.22. The standard InChI is InChI=1S/C19H27N3O3S/c1-4-20-19(22-13-16-7-5-14(2)26-16)21-12-15-6-8-17(25-10-9-23)18(11-15)24-3/h5-8,11,23H,4,9-10,12-13H2,1-3H3,(H2,20,21,22). The number of guanidine groups is 1. The summed E-state index contributed by atoms with van der Waals surface area (Å²) < 4.78 is 10.8. The fraction of sp³-hybridized carbons (Fsp3) is 0.421. The molecule has 2 aromatic rings. The molecule has 0 saturated heterocycles. The van der Waals surface area contributed by atoms with Crippen LogP contribution in [0.3, 0.4) is 0 Å². The van der Waals surface area contributed by atoms with Crippen molar-refractivity contribution in [1.29, 1.82) is 0 Å². The number of hydrogen-bond acceptors (Lipinski definition) is 5. The van der Waals surface area contributed by atoms with Gasteiger partial charge in [-0.2, -0.15) is 0 Å². The second-order valence-corrected chi connectivity index (χ2v) is 6.99. The van der Waals surface area contributed by atoms with Gasteiger partial charge < -0.3 is 25.2 Å². The smallest absolute Gasteiger partial charge is 0.191 e. The minimum Gasteiger partial charge on any atom is -0.493 e. The lowest BCUT2D eigenvalue weighted by atomic mass is 10.2. The van der Waals surface area contributed by atoms with Crippen molar-refractivity contribution >= 4 is 17.3 Å². The summed E-state index contributed by atoms with van der Waals surface area (Å²) >= 11 is 1.78. The van der Waals surface area contributed by atoms with Gasteiger partial charge in [0.15, 0.2) is 17.5 Å². The summed E-state index contributed by atoms with van der Waals surface area (Å²) in [6, 6.07) is 9.95. The van der Waals surface area contributed by atoms with Gasteiger partial charge in [0.05, 0.1) is 26.8 Å². The first kappa shape index (κ1) is 20.1. The van der Waals surface area contributed by atoms with Crippen LogP contribution in [0.4, 0.5) is 0 Å². The van der Waals surface area contributed by atoms with Gasteiger partial charge in [-0.05, 0) is 43.7 Å². The van der Waals surface area contributed by atoms with Crippen LogP contribution in [-0.2, 0) is 13.1 Å². The zero-order valence-electron chi connectivity index (χ0n) is 15.5. The maximum Gasteiger partial charge on any atom is 0.191 e. The van der Waals surface area contributed by atoms with E-state index in [4.69, 9.17) is 14.6 Å². The molecule has 1 aromatic carbocycles. The van der Waals surface area contributed by atoms with Crippen molar-refractivity contribution in [1.82, 2.24) is 10.6 Å². The number of aryl methyl sites for hydroxylation is 1. The molecule has 0 aliphatic carbocycles. The highest BCUT2D eigenvalue weighted by atomic mass is 32.1. The number of nitrogens with zero attached hydrogens (tertiary/aromatic N) is 1. The van der Waals surface area contributed by atoms with Gasteiger partial charge in [-0.25, -0.2) is 4.99 Å². The Hall–Kier alpha value is -2.25. The molecule has 0 unspecified atom stereocenters. The molecule has 0 saturated carbocycles. The first-order chi connectivity index (χ1) is 12.7. The van der Waals surface area contributed by atoms with Gasteiger partial charge in [0.2, 0.25) is 0 Å². The van der Waals surface area contributed by atoms with Crippen molar-refractivity contribution in [3.63, 3.8) is 0 Å². The van der Waals surface area contributed by atoms with E-state index in [0.717, 1.165) is 24.6 Å². The number of hydrogen-bond donors (Lipinski definition) is 3. The summed E-state index contributed by atoms with van der Waals surface area (Å²) in [7, 11) is 1.60. The van der Waals surface area contributed by atoms with Crippen LogP contribution in [0.15, 0.2) is 35.3 Å². The normalized spacial score (nSPS) is 11.3. The summed E-state index contributed by atoms with van der Waals surface area (Å²) in [5.41, 5.74) is 1.02. The average molecular weight is 378 g/mol. The average Bonchev–Trinajstić information content (AvgIpc) is 3.07. The van der Waals surface area contributed by atoms with E-state index in [2.05, 4.69) is 34.7 Å². The molecule has 0 spiro atoms. The Kier molecular flexibility index (Phi) is 8.24. The van der Waals surface area contributed by atoms with Crippen molar-refractivity contribution in [3.05, 3.63) is 45.6 Å². The van der Waals surface area contributed by atoms with E-state index >= 15 is 0 Å². The Morgan fingerprint density at radius 2 is 2.04 bits per heavy atom. The van der Waals surface area contributed by atoms with E-state index in [1.807, 2.05) is 25.1 Å². The number of thiophene rings is 1. The number of aliphatic imine (C=N–C) groups is 1. The second-order valence-electron chi connectivity index (χ2n) is 5.62. The van der Waals surface area contributed by atoms with E-state index in [9.17, 15) is 0 Å². The number of methoxy groups -OCH3 is 1. The highest BCUT2D eigenvalue weighted by Crippen LogP contribution is 2.28. The fourth-order valence-electron chi connectivity index (χ4n) is 2.35. The van der Waals surface area contributed by atoms with Crippen LogP contribution in [-0.4, -0.2) is 37.9 Å². The second kappa shape index (κ2) is 10.7. The molecule has 0 radical (unpaired) electrons. The molecule has 1 heterocycles. The Bertz CT molecular complexity index is 716. The van der Waals surface area contributed by atoms with Crippen LogP contribution in [0.25, 0.3) is 0 Å². The van der Waals surface area contributed by atoms with E-state index in [-0.39, 0.29) is 13.2 Å². The number of nitrogens with one attached hydrogen (secondary N) is 2. The van der Waals surface area contributed by atoms with Crippen molar-refractivity contribution in [2.24, 2.45) is 4.99 Å². The predicted octanol–water partition coefficient (Wildman–Crippen LogP) is 2.69. The van der Waals surface area contributed by atoms with E-state index in [1.165, 1.54) is 9.75 Å². The molecule has 2 rings (SSSR count). The third-order valence-electron chi connectivity index (χ3n) is 3.57. The van der Waals surface area contributed by atoms with Gasteiger partial charge >= 0.3 is 0 Å². The quantitative estimate of drug-likeness (QED) is 0.463. The Morgan fingerprint density at radius 3 is 2.69 bits per heavy atom. The summed E-state index contributed by atoms with van der Waals surface area (Å²) in [5, 5.41) is 15.5. The number of benzene rings is 1. The monoisotopic (exact) mass is 377 g/mol. The Morgan fingerprint density at radius 1 is 1.19 bits per heavy atom. The predicted molar refractivity (Wildman–Crippen MR) is 106 cm³/mol. The van der Waals surface area contributed by atoms with Crippen molar-refractivity contribution in [2.45, 2.75) is 26.9 Å². The molecule has 26 heavy (non-hydrogen) atoms. The molecule has 0 aliphatic heterocycles. The number of aliphatic hydroxyl groups excluding tert-OH is 1. The first-order valence-electron chi connectivity index (χ1n) is 8.64. The molecule has 0 aliphatic rings. The molecule has 0 atom stereocenters. The van der Waals surface area contributed by atoms with Gasteiger partial charge in [0, 0.05) is 16.3 Å². The maximum atomic E-state index is 8.88. The maximum absolute atomic E-state index is 8.88. The minimum atomic E-state index is -0.0311. The van der Waals surface area contributed by atoms with Crippen LogP contribution in [0, 0.1) is 6.92 Å². The van der Waals surface area contributed by atoms with E-state index < -0.39 is 0 Å². The van der Waals surface area contributed by atoms with Crippen molar-refractivity contribution in [2.75, 3.05) is 26.9 Å². The van der Waals surface area contributed by atoms with Gasteiger partial charge in [0.1, 0.15) is 6.61 Å². The molecule has 0 fully saturated rings. The highest BCUT2D eigenvalue weighted by Gasteiger charge is 2.06. The number of rotatable bonds is 9. The summed E-state index contributed by atoms with van der Waals surface area (Å²) in [5.74, 6) is 2.03. The van der Waals surface area contributed by atoms with Gasteiger partial charge in [-0.15, -0.1) is 11.3 Å². The van der Waals surface area contributed by atoms with Crippen LogP contribution in [0.1, 0.15) is 22.2 Å². The van der Waals surface area contributed by atoms with Crippen molar-refractivity contribution < 1.29 is 14.6 Å². The molecule has 7 heteroatoms. The van der Waals surface area contributed by atoms with Crippen LogP contribution < -0.4 is 20.1 Å². The third kappa shape index (κ3) is 6.24. The zero-order valence-corrected chi connectivity index (χ0v) is 16.4. The number of ether oxygens (including phenoxy) is 2. The lowest BCUT2D eigenvalue weighted by Crippen LogP contribution is -2.36. The fourth-order valence-corrected chi connectivity index (χ4v) is 3.18. The molecule has 0 amide bonds. The lowest BCUT2D eigenvalue weighted by Gasteiger charge is -2.12. The van der Waals surface area contributed by atoms with Crippen molar-refractivity contribution in [3.8, 4) is 11.5 Å². The third-order valence-corrected chi connectivity index (χ3v) is 4.57. The van der Waals surface area contributed by atoms with Crippen LogP contribution >= 0.6 is 11.3 Å². The summed E-state index contributed by atoms with van der Waals surface area (Å²) in [6.07, 6.45) is 0. The minimum absolute atomic E-state index is 0.0311. The summed E-state index contributed by atoms with van der Waals surface area (Å²) in [6.45, 7) is 6.43. The molecule has 0 bridgehead atoms. The zero-order chi connectivity index (χ0) is 18.8. The Labute approximate surface area is 158 Å². The van der Waals surface area contributed by atoms with Crippen LogP contribution in [0.5, 0.6) is 11.5 Å². The SMILES string of the molecule is CCNC(=NCc1ccc(OCCO)c(OC)c1)NCc1ccc(C)s1. The van der Waals surface area contributed by atoms with Gasteiger partial charge in [-0.3, -0.25) is 0 Å².